The first-order chi connectivity index (χ1) is 8.97. The van der Waals surface area contributed by atoms with E-state index in [0.717, 1.165) is 5.69 Å². The molecule has 0 heterocycles. The highest BCUT2D eigenvalue weighted by Crippen LogP contribution is 2.24. The van der Waals surface area contributed by atoms with Crippen LogP contribution in [0.3, 0.4) is 0 Å². The molecule has 0 amide bonds. The van der Waals surface area contributed by atoms with Crippen molar-refractivity contribution in [2.24, 2.45) is 0 Å². The van der Waals surface area contributed by atoms with Crippen molar-refractivity contribution in [1.82, 2.24) is 0 Å². The van der Waals surface area contributed by atoms with E-state index in [-0.39, 0.29) is 6.04 Å². The van der Waals surface area contributed by atoms with Crippen LogP contribution in [0.4, 0.5) is 14.5 Å². The molecular weight excluding hydrogens is 268 g/mol. The number of hydrogen-bond acceptors (Lipinski definition) is 1. The maximum Gasteiger partial charge on any atom is 0.128 e. The molecule has 0 bridgehead atoms. The fourth-order valence-corrected chi connectivity index (χ4v) is 1.99. The van der Waals surface area contributed by atoms with Crippen LogP contribution in [0, 0.1) is 18.6 Å². The molecule has 0 aliphatic rings. The van der Waals surface area contributed by atoms with Crippen molar-refractivity contribution in [2.45, 2.75) is 19.9 Å². The second-order valence-electron chi connectivity index (χ2n) is 4.50. The van der Waals surface area contributed by atoms with Gasteiger partial charge in [-0.3, -0.25) is 0 Å². The highest BCUT2D eigenvalue weighted by molar-refractivity contribution is 6.30. The van der Waals surface area contributed by atoms with Gasteiger partial charge in [-0.1, -0.05) is 11.6 Å². The van der Waals surface area contributed by atoms with Crippen molar-refractivity contribution in [1.29, 1.82) is 0 Å². The van der Waals surface area contributed by atoms with Crippen molar-refractivity contribution in [3.05, 3.63) is 64.2 Å². The maximum absolute atomic E-state index is 13.8. The summed E-state index contributed by atoms with van der Waals surface area (Å²) in [5, 5.41) is 3.74. The molecule has 1 unspecified atom stereocenters. The van der Waals surface area contributed by atoms with Crippen molar-refractivity contribution in [3.8, 4) is 0 Å². The van der Waals surface area contributed by atoms with E-state index < -0.39 is 11.6 Å². The van der Waals surface area contributed by atoms with Gasteiger partial charge in [0.05, 0.1) is 6.04 Å². The van der Waals surface area contributed by atoms with Gasteiger partial charge in [0.1, 0.15) is 11.6 Å². The molecule has 0 saturated heterocycles. The first-order valence-electron chi connectivity index (χ1n) is 5.95. The zero-order valence-corrected chi connectivity index (χ0v) is 11.4. The summed E-state index contributed by atoms with van der Waals surface area (Å²) in [7, 11) is 0. The molecule has 2 aromatic carbocycles. The maximum atomic E-state index is 13.8. The van der Waals surface area contributed by atoms with Crippen LogP contribution in [0.5, 0.6) is 0 Å². The Hall–Kier alpha value is -1.61. The van der Waals surface area contributed by atoms with Crippen molar-refractivity contribution in [3.63, 3.8) is 0 Å². The lowest BCUT2D eigenvalue weighted by Gasteiger charge is -2.17. The average molecular weight is 282 g/mol. The molecule has 2 aromatic rings. The molecule has 0 fully saturated rings. The Morgan fingerprint density at radius 3 is 2.32 bits per heavy atom. The summed E-state index contributed by atoms with van der Waals surface area (Å²) in [5.74, 6) is -0.811. The number of anilines is 1. The molecule has 0 aliphatic heterocycles. The van der Waals surface area contributed by atoms with Gasteiger partial charge < -0.3 is 5.32 Å². The van der Waals surface area contributed by atoms with Gasteiger partial charge in [0.25, 0.3) is 0 Å². The molecule has 2 rings (SSSR count). The number of aryl methyl sites for hydroxylation is 1. The summed E-state index contributed by atoms with van der Waals surface area (Å²) in [6.45, 7) is 3.32. The van der Waals surface area contributed by atoms with Gasteiger partial charge in [0.2, 0.25) is 0 Å². The minimum absolute atomic E-state index is 0.304. The number of hydrogen-bond donors (Lipinski definition) is 1. The molecule has 4 heteroatoms. The summed E-state index contributed by atoms with van der Waals surface area (Å²) in [6.07, 6.45) is 0. The Morgan fingerprint density at radius 1 is 1.05 bits per heavy atom. The smallest absolute Gasteiger partial charge is 0.128 e. The second-order valence-corrected chi connectivity index (χ2v) is 4.93. The zero-order valence-electron chi connectivity index (χ0n) is 10.7. The number of nitrogens with one attached hydrogen (secondary N) is 1. The highest BCUT2D eigenvalue weighted by Gasteiger charge is 2.13. The molecule has 0 aromatic heterocycles. The third-order valence-corrected chi connectivity index (χ3v) is 3.22. The van der Waals surface area contributed by atoms with Crippen LogP contribution in [0.1, 0.15) is 24.1 Å². The van der Waals surface area contributed by atoms with E-state index in [1.54, 1.807) is 38.1 Å². The van der Waals surface area contributed by atoms with Gasteiger partial charge in [0, 0.05) is 16.3 Å². The summed E-state index contributed by atoms with van der Waals surface area (Å²) >= 11 is 5.79. The number of rotatable bonds is 3. The van der Waals surface area contributed by atoms with Crippen LogP contribution in [0.15, 0.2) is 36.4 Å². The van der Waals surface area contributed by atoms with Crippen LogP contribution in [0.25, 0.3) is 0 Å². The lowest BCUT2D eigenvalue weighted by molar-refractivity contribution is 0.571. The zero-order chi connectivity index (χ0) is 14.0. The summed E-state index contributed by atoms with van der Waals surface area (Å²) in [6, 6.07) is 9.17. The van der Waals surface area contributed by atoms with Crippen LogP contribution < -0.4 is 5.32 Å². The topological polar surface area (TPSA) is 12.0 Å². The van der Waals surface area contributed by atoms with E-state index in [1.807, 2.05) is 0 Å². The lowest BCUT2D eigenvalue weighted by atomic mass is 10.0. The Morgan fingerprint density at radius 2 is 1.68 bits per heavy atom. The molecule has 1 nitrogen and oxygen atoms in total. The standard InChI is InChI=1S/C15H14ClF2N/c1-9-7-15(18)13(8-14(9)17)10(2)19-12-5-3-11(16)4-6-12/h3-8,10,19H,1-2H3. The third-order valence-electron chi connectivity index (χ3n) is 2.97. The summed E-state index contributed by atoms with van der Waals surface area (Å²) in [5.41, 5.74) is 1.41. The first kappa shape index (κ1) is 13.8. The van der Waals surface area contributed by atoms with Gasteiger partial charge in [-0.2, -0.15) is 0 Å². The van der Waals surface area contributed by atoms with Crippen LogP contribution >= 0.6 is 11.6 Å². The summed E-state index contributed by atoms with van der Waals surface area (Å²) in [4.78, 5) is 0. The van der Waals surface area contributed by atoms with E-state index >= 15 is 0 Å². The van der Waals surface area contributed by atoms with Crippen LogP contribution in [-0.2, 0) is 0 Å². The molecule has 0 spiro atoms. The minimum Gasteiger partial charge on any atom is -0.378 e. The van der Waals surface area contributed by atoms with Crippen LogP contribution in [0.2, 0.25) is 5.02 Å². The fraction of sp³-hybridized carbons (Fsp3) is 0.200. The van der Waals surface area contributed by atoms with E-state index in [4.69, 9.17) is 11.6 Å². The first-order valence-corrected chi connectivity index (χ1v) is 6.33. The van der Waals surface area contributed by atoms with Gasteiger partial charge in [-0.15, -0.1) is 0 Å². The molecule has 1 atom stereocenters. The lowest BCUT2D eigenvalue weighted by Crippen LogP contribution is -2.09. The predicted molar refractivity (Wildman–Crippen MR) is 74.6 cm³/mol. The van der Waals surface area contributed by atoms with Crippen molar-refractivity contribution in [2.75, 3.05) is 5.32 Å². The van der Waals surface area contributed by atoms with E-state index in [2.05, 4.69) is 5.32 Å². The number of benzene rings is 2. The molecule has 19 heavy (non-hydrogen) atoms. The third kappa shape index (κ3) is 3.24. The Balaban J connectivity index is 2.22. The van der Waals surface area contributed by atoms with Gasteiger partial charge in [-0.25, -0.2) is 8.78 Å². The second kappa shape index (κ2) is 5.57. The van der Waals surface area contributed by atoms with Gasteiger partial charge in [-0.05, 0) is 55.8 Å². The van der Waals surface area contributed by atoms with Crippen LogP contribution in [-0.4, -0.2) is 0 Å². The SMILES string of the molecule is Cc1cc(F)c(C(C)Nc2ccc(Cl)cc2)cc1F. The van der Waals surface area contributed by atoms with E-state index in [0.29, 0.717) is 16.1 Å². The van der Waals surface area contributed by atoms with Crippen molar-refractivity contribution >= 4 is 17.3 Å². The van der Waals surface area contributed by atoms with Gasteiger partial charge >= 0.3 is 0 Å². The Bertz CT molecular complexity index is 581. The molecule has 0 radical (unpaired) electrons. The van der Waals surface area contributed by atoms with E-state index in [9.17, 15) is 8.78 Å². The summed E-state index contributed by atoms with van der Waals surface area (Å²) < 4.78 is 27.3. The minimum atomic E-state index is -0.409. The average Bonchev–Trinajstić information content (AvgIpc) is 2.36. The predicted octanol–water partition coefficient (Wildman–Crippen LogP) is 5.10. The highest BCUT2D eigenvalue weighted by atomic mass is 35.5. The Labute approximate surface area is 116 Å². The number of halogens is 3. The molecular formula is C15H14ClF2N. The quantitative estimate of drug-likeness (QED) is 0.825. The largest absolute Gasteiger partial charge is 0.378 e. The molecule has 0 aliphatic carbocycles. The molecule has 0 saturated carbocycles. The molecule has 1 N–H and O–H groups in total. The normalized spacial score (nSPS) is 12.3. The van der Waals surface area contributed by atoms with E-state index in [1.165, 1.54) is 12.1 Å². The van der Waals surface area contributed by atoms with Gasteiger partial charge in [0.15, 0.2) is 0 Å². The Kier molecular flexibility index (Phi) is 4.05. The monoisotopic (exact) mass is 281 g/mol. The molecule has 100 valence electrons. The fourth-order valence-electron chi connectivity index (χ4n) is 1.87. The van der Waals surface area contributed by atoms with Crippen molar-refractivity contribution < 1.29 is 8.78 Å².